The zero-order chi connectivity index (χ0) is 35.1. The van der Waals surface area contributed by atoms with Crippen LogP contribution in [0.5, 0.6) is 0 Å². The SMILES string of the molecule is CC1(C)c2ccccc2N(c2ccc(-c3nc(-c4ccc(-c5ccccc5)cc4)nc(-c4ccc(-c5ccccc5)cc4)n3)cc2)c2ccccc21. The van der Waals surface area contributed by atoms with Gasteiger partial charge in [-0.25, -0.2) is 15.0 Å². The number of para-hydroxylation sites is 2. The number of benzene rings is 7. The second kappa shape index (κ2) is 12.9. The van der Waals surface area contributed by atoms with E-state index in [4.69, 9.17) is 15.0 Å². The highest BCUT2D eigenvalue weighted by Gasteiger charge is 2.36. The fourth-order valence-electron chi connectivity index (χ4n) is 7.35. The van der Waals surface area contributed by atoms with Gasteiger partial charge in [-0.2, -0.15) is 0 Å². The van der Waals surface area contributed by atoms with E-state index in [1.54, 1.807) is 0 Å². The maximum Gasteiger partial charge on any atom is 0.164 e. The van der Waals surface area contributed by atoms with Crippen LogP contribution in [0, 0.1) is 0 Å². The number of anilines is 3. The van der Waals surface area contributed by atoms with Crippen LogP contribution >= 0.6 is 0 Å². The van der Waals surface area contributed by atoms with Crippen LogP contribution in [0.4, 0.5) is 17.1 Å². The van der Waals surface area contributed by atoms with E-state index < -0.39 is 0 Å². The zero-order valence-electron chi connectivity index (χ0n) is 29.1. The summed E-state index contributed by atoms with van der Waals surface area (Å²) in [5.41, 5.74) is 13.4. The standard InChI is InChI=1S/C48H36N4/c1-48(2)41-17-9-11-19-43(41)52(44-20-12-10-18-42(44)48)40-31-29-39(30-32-40)47-50-45(37-25-21-35(22-26-37)33-13-5-3-6-14-33)49-46(51-47)38-27-23-36(24-28-38)34-15-7-4-8-16-34/h3-32H,1-2H3. The lowest BCUT2D eigenvalue weighted by Crippen LogP contribution is -2.30. The number of hydrogen-bond donors (Lipinski definition) is 0. The Hall–Kier alpha value is -6.65. The van der Waals surface area contributed by atoms with Crippen LogP contribution in [0.2, 0.25) is 0 Å². The second-order valence-corrected chi connectivity index (χ2v) is 13.7. The minimum absolute atomic E-state index is 0.111. The molecular formula is C48H36N4. The van der Waals surface area contributed by atoms with E-state index in [2.05, 4.69) is 189 Å². The summed E-state index contributed by atoms with van der Waals surface area (Å²) in [5, 5.41) is 0. The molecule has 0 spiro atoms. The summed E-state index contributed by atoms with van der Waals surface area (Å²) in [6.07, 6.45) is 0. The monoisotopic (exact) mass is 668 g/mol. The first kappa shape index (κ1) is 31.3. The van der Waals surface area contributed by atoms with Gasteiger partial charge in [-0.05, 0) is 69.8 Å². The van der Waals surface area contributed by atoms with Crippen molar-refractivity contribution in [2.24, 2.45) is 0 Å². The number of fused-ring (bicyclic) bond motifs is 2. The van der Waals surface area contributed by atoms with Crippen LogP contribution < -0.4 is 4.90 Å². The molecule has 4 nitrogen and oxygen atoms in total. The lowest BCUT2D eigenvalue weighted by atomic mass is 9.73. The van der Waals surface area contributed by atoms with E-state index in [1.165, 1.54) is 33.6 Å². The number of hydrogen-bond acceptors (Lipinski definition) is 4. The maximum atomic E-state index is 5.06. The Labute approximate surface area is 304 Å². The third kappa shape index (κ3) is 5.65. The van der Waals surface area contributed by atoms with Crippen LogP contribution in [0.3, 0.4) is 0 Å². The molecule has 1 aliphatic heterocycles. The first-order valence-electron chi connectivity index (χ1n) is 17.7. The molecule has 4 heteroatoms. The highest BCUT2D eigenvalue weighted by atomic mass is 15.2. The van der Waals surface area contributed by atoms with Crippen LogP contribution in [-0.2, 0) is 5.41 Å². The minimum atomic E-state index is -0.111. The first-order valence-corrected chi connectivity index (χ1v) is 17.7. The summed E-state index contributed by atoms with van der Waals surface area (Å²) < 4.78 is 0. The minimum Gasteiger partial charge on any atom is -0.310 e. The largest absolute Gasteiger partial charge is 0.310 e. The molecule has 8 aromatic rings. The lowest BCUT2D eigenvalue weighted by Gasteiger charge is -2.42. The average Bonchev–Trinajstić information content (AvgIpc) is 3.22. The summed E-state index contributed by atoms with van der Waals surface area (Å²) in [4.78, 5) is 17.5. The lowest BCUT2D eigenvalue weighted by molar-refractivity contribution is 0.632. The van der Waals surface area contributed by atoms with Crippen LogP contribution in [0.1, 0.15) is 25.0 Å². The number of aromatic nitrogens is 3. The van der Waals surface area contributed by atoms with Gasteiger partial charge in [0.25, 0.3) is 0 Å². The molecule has 0 N–H and O–H groups in total. The Morgan fingerprint density at radius 2 is 0.635 bits per heavy atom. The van der Waals surface area contributed by atoms with Crippen molar-refractivity contribution in [1.82, 2.24) is 15.0 Å². The molecule has 0 radical (unpaired) electrons. The summed E-state index contributed by atoms with van der Waals surface area (Å²) in [6, 6.07) is 63.8. The molecule has 248 valence electrons. The van der Waals surface area contributed by atoms with E-state index in [1.807, 2.05) is 12.1 Å². The summed E-state index contributed by atoms with van der Waals surface area (Å²) >= 11 is 0. The smallest absolute Gasteiger partial charge is 0.164 e. The number of nitrogens with zero attached hydrogens (tertiary/aromatic N) is 4. The van der Waals surface area contributed by atoms with Gasteiger partial charge in [0, 0.05) is 27.8 Å². The van der Waals surface area contributed by atoms with Crippen molar-refractivity contribution in [1.29, 1.82) is 0 Å². The van der Waals surface area contributed by atoms with Crippen LogP contribution in [-0.4, -0.2) is 15.0 Å². The van der Waals surface area contributed by atoms with Crippen molar-refractivity contribution in [3.05, 3.63) is 193 Å². The van der Waals surface area contributed by atoms with E-state index >= 15 is 0 Å². The summed E-state index contributed by atoms with van der Waals surface area (Å²) in [5.74, 6) is 1.90. The van der Waals surface area contributed by atoms with Crippen molar-refractivity contribution in [2.75, 3.05) is 4.90 Å². The van der Waals surface area contributed by atoms with Gasteiger partial charge in [0.15, 0.2) is 17.5 Å². The van der Waals surface area contributed by atoms with Crippen molar-refractivity contribution >= 4 is 17.1 Å². The normalized spacial score (nSPS) is 12.9. The van der Waals surface area contributed by atoms with Crippen LogP contribution in [0.25, 0.3) is 56.4 Å². The zero-order valence-corrected chi connectivity index (χ0v) is 29.1. The predicted octanol–water partition coefficient (Wildman–Crippen LogP) is 12.3. The average molecular weight is 669 g/mol. The molecule has 9 rings (SSSR count). The molecule has 7 aromatic carbocycles. The molecule has 2 heterocycles. The molecule has 0 bridgehead atoms. The molecule has 0 aliphatic carbocycles. The molecule has 1 aliphatic rings. The highest BCUT2D eigenvalue weighted by Crippen LogP contribution is 2.51. The maximum absolute atomic E-state index is 5.06. The molecule has 0 fully saturated rings. The number of rotatable bonds is 6. The van der Waals surface area contributed by atoms with Gasteiger partial charge >= 0.3 is 0 Å². The second-order valence-electron chi connectivity index (χ2n) is 13.7. The van der Waals surface area contributed by atoms with E-state index in [0.29, 0.717) is 17.5 Å². The fourth-order valence-corrected chi connectivity index (χ4v) is 7.35. The van der Waals surface area contributed by atoms with Gasteiger partial charge in [-0.3, -0.25) is 0 Å². The quantitative estimate of drug-likeness (QED) is 0.177. The molecule has 0 atom stereocenters. The topological polar surface area (TPSA) is 41.9 Å². The molecule has 1 aromatic heterocycles. The highest BCUT2D eigenvalue weighted by molar-refractivity contribution is 5.86. The van der Waals surface area contributed by atoms with Gasteiger partial charge in [-0.1, -0.05) is 159 Å². The van der Waals surface area contributed by atoms with Gasteiger partial charge in [-0.15, -0.1) is 0 Å². The molecule has 52 heavy (non-hydrogen) atoms. The van der Waals surface area contributed by atoms with E-state index in [9.17, 15) is 0 Å². The van der Waals surface area contributed by atoms with E-state index in [-0.39, 0.29) is 5.41 Å². The van der Waals surface area contributed by atoms with Gasteiger partial charge in [0.05, 0.1) is 11.4 Å². The van der Waals surface area contributed by atoms with Crippen molar-refractivity contribution < 1.29 is 0 Å². The Morgan fingerprint density at radius 3 is 1.04 bits per heavy atom. The van der Waals surface area contributed by atoms with Crippen molar-refractivity contribution in [2.45, 2.75) is 19.3 Å². The predicted molar refractivity (Wildman–Crippen MR) is 214 cm³/mol. The Bertz CT molecular complexity index is 2360. The fraction of sp³-hybridized carbons (Fsp3) is 0.0625. The van der Waals surface area contributed by atoms with Gasteiger partial charge in [0.1, 0.15) is 0 Å². The van der Waals surface area contributed by atoms with Crippen molar-refractivity contribution in [3.8, 4) is 56.4 Å². The summed E-state index contributed by atoms with van der Waals surface area (Å²) in [6.45, 7) is 4.62. The van der Waals surface area contributed by atoms with E-state index in [0.717, 1.165) is 33.5 Å². The third-order valence-electron chi connectivity index (χ3n) is 10.2. The Morgan fingerprint density at radius 1 is 0.327 bits per heavy atom. The summed E-state index contributed by atoms with van der Waals surface area (Å²) in [7, 11) is 0. The first-order chi connectivity index (χ1) is 25.5. The molecular weight excluding hydrogens is 633 g/mol. The van der Waals surface area contributed by atoms with Crippen molar-refractivity contribution in [3.63, 3.8) is 0 Å². The van der Waals surface area contributed by atoms with Crippen LogP contribution in [0.15, 0.2) is 182 Å². The van der Waals surface area contributed by atoms with Gasteiger partial charge in [0.2, 0.25) is 0 Å². The molecule has 0 unspecified atom stereocenters. The van der Waals surface area contributed by atoms with Gasteiger partial charge < -0.3 is 4.90 Å². The molecule has 0 saturated carbocycles. The molecule has 0 amide bonds. The Kier molecular flexibility index (Phi) is 7.78. The third-order valence-corrected chi connectivity index (χ3v) is 10.2. The molecule has 0 saturated heterocycles. The Balaban J connectivity index is 1.12.